The standard InChI is InChI=1S/C6H14NO14P3/c1-4-2-6(8,7(9)10)5(19-4)3-18-23(14,15)21-24(16,17)20-22(11,12)13/h4-5,8H,2-3H2,1H3,(H,14,15)(H,16,17)(H2,11,12,13)/p-4/t4-,5+,6?/m0/s1. The molecule has 0 bridgehead atoms. The molecular weight excluding hydrogens is 403 g/mol. The molecule has 1 N–H and O–H groups in total. The number of ether oxygens (including phenoxy) is 1. The summed E-state index contributed by atoms with van der Waals surface area (Å²) in [4.78, 5) is 52.1. The van der Waals surface area contributed by atoms with Crippen LogP contribution in [0, 0.1) is 10.1 Å². The van der Waals surface area contributed by atoms with Crippen LogP contribution in [0.25, 0.3) is 0 Å². The highest BCUT2D eigenvalue weighted by Crippen LogP contribution is 2.60. The summed E-state index contributed by atoms with van der Waals surface area (Å²) in [5.74, 6) is 0. The Morgan fingerprint density at radius 3 is 2.21 bits per heavy atom. The molecule has 15 nitrogen and oxygen atoms in total. The molecule has 5 atom stereocenters. The summed E-state index contributed by atoms with van der Waals surface area (Å²) in [7, 11) is -18.1. The quantitative estimate of drug-likeness (QED) is 0.180. The van der Waals surface area contributed by atoms with E-state index in [1.807, 2.05) is 0 Å². The number of rotatable bonds is 8. The van der Waals surface area contributed by atoms with Crippen LogP contribution in [0.4, 0.5) is 0 Å². The lowest BCUT2D eigenvalue weighted by molar-refractivity contribution is -0.630. The molecule has 1 aliphatic heterocycles. The number of aliphatic hydroxyl groups is 1. The second kappa shape index (κ2) is 7.16. The Kier molecular flexibility index (Phi) is 6.49. The Labute approximate surface area is 133 Å². The fraction of sp³-hybridized carbons (Fsp3) is 1.00. The van der Waals surface area contributed by atoms with Crippen LogP contribution >= 0.6 is 23.5 Å². The summed E-state index contributed by atoms with van der Waals surface area (Å²) in [6, 6.07) is 0. The third-order valence-corrected chi connectivity index (χ3v) is 6.27. The van der Waals surface area contributed by atoms with Crippen LogP contribution in [0.2, 0.25) is 0 Å². The molecule has 18 heteroatoms. The van der Waals surface area contributed by atoms with Crippen LogP contribution < -0.4 is 19.6 Å². The average Bonchev–Trinajstić information content (AvgIpc) is 2.58. The predicted octanol–water partition coefficient (Wildman–Crippen LogP) is -3.06. The van der Waals surface area contributed by atoms with Crippen LogP contribution in [-0.2, 0) is 31.6 Å². The molecule has 142 valence electrons. The fourth-order valence-electron chi connectivity index (χ4n) is 1.80. The first kappa shape index (κ1) is 21.8. The van der Waals surface area contributed by atoms with Crippen LogP contribution in [0.3, 0.4) is 0 Å². The van der Waals surface area contributed by atoms with Gasteiger partial charge in [-0.05, 0) is 6.92 Å². The van der Waals surface area contributed by atoms with Crippen molar-refractivity contribution in [2.75, 3.05) is 6.61 Å². The number of nitro groups is 1. The molecule has 1 fully saturated rings. The molecular formula is C6H10NO14P3-4. The first-order chi connectivity index (χ1) is 10.6. The third kappa shape index (κ3) is 6.23. The minimum atomic E-state index is -6.14. The molecule has 0 aliphatic carbocycles. The van der Waals surface area contributed by atoms with Gasteiger partial charge in [0.15, 0.2) is 6.10 Å². The van der Waals surface area contributed by atoms with E-state index in [1.165, 1.54) is 6.92 Å². The summed E-state index contributed by atoms with van der Waals surface area (Å²) >= 11 is 0. The molecule has 0 aromatic heterocycles. The van der Waals surface area contributed by atoms with Crippen LogP contribution in [0.1, 0.15) is 13.3 Å². The third-order valence-electron chi connectivity index (χ3n) is 2.60. The van der Waals surface area contributed by atoms with Gasteiger partial charge in [-0.25, -0.2) is 4.31 Å². The lowest BCUT2D eigenvalue weighted by Gasteiger charge is -2.37. The van der Waals surface area contributed by atoms with Crippen molar-refractivity contribution < 1.29 is 61.2 Å². The number of phosphoric ester groups is 1. The first-order valence-corrected chi connectivity index (χ1v) is 10.2. The van der Waals surface area contributed by atoms with E-state index in [0.29, 0.717) is 0 Å². The van der Waals surface area contributed by atoms with Gasteiger partial charge >= 0.3 is 5.72 Å². The first-order valence-electron chi connectivity index (χ1n) is 5.80. The summed E-state index contributed by atoms with van der Waals surface area (Å²) in [5, 5.41) is 20.6. The Morgan fingerprint density at radius 1 is 1.21 bits per heavy atom. The van der Waals surface area contributed by atoms with Gasteiger partial charge in [-0.2, -0.15) is 0 Å². The van der Waals surface area contributed by atoms with E-state index in [0.717, 1.165) is 0 Å². The molecule has 0 amide bonds. The molecule has 0 saturated carbocycles. The second-order valence-corrected chi connectivity index (χ2v) is 8.82. The largest absolute Gasteiger partial charge is 0.790 e. The van der Waals surface area contributed by atoms with Gasteiger partial charge in [0.1, 0.15) is 0 Å². The van der Waals surface area contributed by atoms with Crippen molar-refractivity contribution in [1.29, 1.82) is 0 Å². The van der Waals surface area contributed by atoms with Crippen molar-refractivity contribution in [3.8, 4) is 0 Å². The summed E-state index contributed by atoms with van der Waals surface area (Å²) in [6.45, 7) is 0.108. The maximum absolute atomic E-state index is 11.3. The minimum absolute atomic E-state index is 0.503. The molecule has 3 unspecified atom stereocenters. The van der Waals surface area contributed by atoms with Crippen molar-refractivity contribution in [1.82, 2.24) is 0 Å². The number of hydrogen-bond donors (Lipinski definition) is 1. The maximum atomic E-state index is 11.3. The molecule has 0 aromatic rings. The molecule has 1 saturated heterocycles. The van der Waals surface area contributed by atoms with Crippen molar-refractivity contribution in [2.45, 2.75) is 31.3 Å². The Hall–Kier alpha value is -0.270. The van der Waals surface area contributed by atoms with Gasteiger partial charge in [0.05, 0.1) is 31.9 Å². The van der Waals surface area contributed by atoms with Gasteiger partial charge in [0.2, 0.25) is 0 Å². The Morgan fingerprint density at radius 2 is 1.75 bits per heavy atom. The van der Waals surface area contributed by atoms with Gasteiger partial charge in [0, 0.05) is 0 Å². The number of hydrogen-bond acceptors (Lipinski definition) is 14. The average molecular weight is 413 g/mol. The van der Waals surface area contributed by atoms with Crippen molar-refractivity contribution >= 4 is 23.5 Å². The van der Waals surface area contributed by atoms with Crippen LogP contribution in [0.15, 0.2) is 0 Å². The normalized spacial score (nSPS) is 32.9. The van der Waals surface area contributed by atoms with E-state index in [-0.39, 0.29) is 0 Å². The summed E-state index contributed by atoms with van der Waals surface area (Å²) < 4.78 is 47.4. The van der Waals surface area contributed by atoms with Gasteiger partial charge < -0.3 is 38.5 Å². The SMILES string of the molecule is C[C@H]1CC(O)([N+](=O)[O-])[C@@H](COP(=O)([O-])OP(=O)([O-])OP(=O)([O-])[O-])O1. The highest BCUT2D eigenvalue weighted by atomic mass is 31.3. The van der Waals surface area contributed by atoms with Crippen molar-refractivity contribution in [3.05, 3.63) is 10.1 Å². The van der Waals surface area contributed by atoms with E-state index in [2.05, 4.69) is 13.1 Å². The smallest absolute Gasteiger partial charge is 0.353 e. The summed E-state index contributed by atoms with van der Waals surface area (Å²) in [6.07, 6.45) is -3.15. The highest BCUT2D eigenvalue weighted by Gasteiger charge is 2.57. The lowest BCUT2D eigenvalue weighted by Crippen LogP contribution is -2.48. The van der Waals surface area contributed by atoms with Gasteiger partial charge in [-0.3, -0.25) is 23.6 Å². The molecule has 0 aromatic carbocycles. The van der Waals surface area contributed by atoms with E-state index >= 15 is 0 Å². The topological polar surface area (TPSA) is 244 Å². The van der Waals surface area contributed by atoms with Crippen LogP contribution in [0.5, 0.6) is 0 Å². The zero-order valence-electron chi connectivity index (χ0n) is 11.6. The van der Waals surface area contributed by atoms with E-state index in [1.54, 1.807) is 0 Å². The van der Waals surface area contributed by atoms with E-state index in [4.69, 9.17) is 4.74 Å². The van der Waals surface area contributed by atoms with Crippen molar-refractivity contribution in [3.63, 3.8) is 0 Å². The van der Waals surface area contributed by atoms with Crippen LogP contribution in [-0.4, -0.2) is 34.6 Å². The van der Waals surface area contributed by atoms with Gasteiger partial charge in [0.25, 0.3) is 15.6 Å². The minimum Gasteiger partial charge on any atom is -0.790 e. The number of phosphoric acid groups is 3. The van der Waals surface area contributed by atoms with Gasteiger partial charge in [-0.1, -0.05) is 0 Å². The molecule has 0 spiro atoms. The molecule has 0 radical (unpaired) electrons. The molecule has 1 heterocycles. The Balaban J connectivity index is 2.75. The zero-order valence-corrected chi connectivity index (χ0v) is 14.3. The second-order valence-electron chi connectivity index (χ2n) is 4.58. The predicted molar refractivity (Wildman–Crippen MR) is 61.8 cm³/mol. The molecule has 1 aliphatic rings. The van der Waals surface area contributed by atoms with Gasteiger partial charge in [-0.15, -0.1) is 0 Å². The molecule has 1 rings (SSSR count). The highest BCUT2D eigenvalue weighted by molar-refractivity contribution is 7.64. The lowest BCUT2D eigenvalue weighted by atomic mass is 10.1. The van der Waals surface area contributed by atoms with E-state index in [9.17, 15) is 48.5 Å². The fourth-order valence-corrected chi connectivity index (χ4v) is 4.65. The monoisotopic (exact) mass is 413 g/mol. The zero-order chi connectivity index (χ0) is 19.0. The summed E-state index contributed by atoms with van der Waals surface area (Å²) in [5.41, 5.74) is -2.70. The maximum Gasteiger partial charge on any atom is 0.353 e. The number of nitrogens with zero attached hydrogens (tertiary/aromatic N) is 1. The van der Waals surface area contributed by atoms with E-state index < -0.39 is 59.4 Å². The van der Waals surface area contributed by atoms with Crippen molar-refractivity contribution in [2.24, 2.45) is 0 Å². The molecule has 24 heavy (non-hydrogen) atoms. The Bertz CT molecular complexity index is 630.